The van der Waals surface area contributed by atoms with E-state index in [1.165, 1.54) is 25.1 Å². The van der Waals surface area contributed by atoms with Gasteiger partial charge >= 0.3 is 0 Å². The zero-order valence-corrected chi connectivity index (χ0v) is 15.7. The Morgan fingerprint density at radius 1 is 1.26 bits per heavy atom. The molecule has 1 unspecified atom stereocenters. The van der Waals surface area contributed by atoms with Crippen molar-refractivity contribution in [3.05, 3.63) is 59.4 Å². The Balaban J connectivity index is 1.82. The van der Waals surface area contributed by atoms with Gasteiger partial charge in [-0.15, -0.1) is 0 Å². The maximum atomic E-state index is 13.2. The van der Waals surface area contributed by atoms with E-state index in [0.29, 0.717) is 18.5 Å². The summed E-state index contributed by atoms with van der Waals surface area (Å²) >= 11 is 0. The maximum absolute atomic E-state index is 13.2. The summed E-state index contributed by atoms with van der Waals surface area (Å²) in [7, 11) is -3.92. The van der Waals surface area contributed by atoms with Crippen LogP contribution in [0.15, 0.2) is 47.4 Å². The lowest BCUT2D eigenvalue weighted by Gasteiger charge is -2.30. The molecule has 3 rings (SSSR count). The fraction of sp³-hybridized carbons (Fsp3) is 0.316. The number of piperidine rings is 1. The number of sulfonamides is 1. The Kier molecular flexibility index (Phi) is 5.48. The number of aliphatic hydroxyl groups is 1. The molecular formula is C19H21FN2O4S. The van der Waals surface area contributed by atoms with Crippen LogP contribution < -0.4 is 4.72 Å². The van der Waals surface area contributed by atoms with Crippen molar-refractivity contribution < 1.29 is 22.7 Å². The number of likely N-dealkylation sites (tertiary alicyclic amines) is 1. The van der Waals surface area contributed by atoms with Crippen molar-refractivity contribution in [2.75, 3.05) is 17.8 Å². The lowest BCUT2D eigenvalue weighted by atomic mass is 10.1. The van der Waals surface area contributed by atoms with Gasteiger partial charge in [-0.2, -0.15) is 0 Å². The van der Waals surface area contributed by atoms with Gasteiger partial charge in [0, 0.05) is 24.3 Å². The van der Waals surface area contributed by atoms with Crippen molar-refractivity contribution in [2.24, 2.45) is 0 Å². The Morgan fingerprint density at radius 3 is 2.74 bits per heavy atom. The Morgan fingerprint density at radius 2 is 2.04 bits per heavy atom. The van der Waals surface area contributed by atoms with Gasteiger partial charge < -0.3 is 10.0 Å². The molecule has 0 aliphatic carbocycles. The number of anilines is 1. The quantitative estimate of drug-likeness (QED) is 0.837. The number of carbonyl (C=O) groups is 1. The van der Waals surface area contributed by atoms with Crippen molar-refractivity contribution in [3.63, 3.8) is 0 Å². The van der Waals surface area contributed by atoms with E-state index in [0.717, 1.165) is 18.6 Å². The molecule has 1 atom stereocenters. The first-order chi connectivity index (χ1) is 12.8. The predicted octanol–water partition coefficient (Wildman–Crippen LogP) is 2.53. The van der Waals surface area contributed by atoms with E-state index < -0.39 is 21.9 Å². The van der Waals surface area contributed by atoms with Crippen LogP contribution >= 0.6 is 0 Å². The third-order valence-corrected chi connectivity index (χ3v) is 6.01. The highest BCUT2D eigenvalue weighted by atomic mass is 32.2. The highest BCUT2D eigenvalue weighted by Gasteiger charge is 2.24. The molecule has 1 amide bonds. The van der Waals surface area contributed by atoms with E-state index in [9.17, 15) is 22.7 Å². The molecule has 144 valence electrons. The van der Waals surface area contributed by atoms with Crippen LogP contribution in [-0.4, -0.2) is 43.5 Å². The second-order valence-corrected chi connectivity index (χ2v) is 8.29. The van der Waals surface area contributed by atoms with Gasteiger partial charge in [0.05, 0.1) is 11.0 Å². The number of nitrogens with one attached hydrogen (secondary N) is 1. The molecular weight excluding hydrogens is 371 g/mol. The van der Waals surface area contributed by atoms with Gasteiger partial charge in [0.25, 0.3) is 15.9 Å². The molecule has 1 heterocycles. The number of rotatable bonds is 4. The number of hydrogen-bond acceptors (Lipinski definition) is 4. The number of aryl methyl sites for hydroxylation is 1. The molecule has 1 aliphatic heterocycles. The van der Waals surface area contributed by atoms with Crippen LogP contribution in [0.5, 0.6) is 0 Å². The molecule has 0 saturated carbocycles. The fourth-order valence-electron chi connectivity index (χ4n) is 3.16. The summed E-state index contributed by atoms with van der Waals surface area (Å²) in [5.74, 6) is -0.768. The lowest BCUT2D eigenvalue weighted by molar-refractivity contribution is 0.0474. The molecule has 2 aromatic rings. The third-order valence-electron chi connectivity index (χ3n) is 4.47. The zero-order valence-electron chi connectivity index (χ0n) is 14.9. The number of carbonyl (C=O) groups excluding carboxylic acids is 1. The zero-order chi connectivity index (χ0) is 19.6. The second-order valence-electron chi connectivity index (χ2n) is 6.64. The number of aliphatic hydroxyl groups excluding tert-OH is 1. The topological polar surface area (TPSA) is 86.7 Å². The number of β-amino-alcohol motifs (C(OH)–C–C–N with tert-alkyl or cyclic N) is 1. The summed E-state index contributed by atoms with van der Waals surface area (Å²) in [6.45, 7) is 2.34. The SMILES string of the molecule is Cc1cc(F)ccc1S(=O)(=O)Nc1cccc(C(=O)N2CCCC(O)C2)c1. The van der Waals surface area contributed by atoms with Gasteiger partial charge in [0.2, 0.25) is 0 Å². The van der Waals surface area contributed by atoms with E-state index >= 15 is 0 Å². The number of hydrogen-bond donors (Lipinski definition) is 2. The fourth-order valence-corrected chi connectivity index (χ4v) is 4.44. The first-order valence-electron chi connectivity index (χ1n) is 8.62. The molecule has 2 aromatic carbocycles. The van der Waals surface area contributed by atoms with Gasteiger partial charge in [-0.1, -0.05) is 6.07 Å². The van der Waals surface area contributed by atoms with Gasteiger partial charge in [0.1, 0.15) is 5.82 Å². The summed E-state index contributed by atoms with van der Waals surface area (Å²) in [4.78, 5) is 14.2. The summed E-state index contributed by atoms with van der Waals surface area (Å²) < 4.78 is 40.9. The van der Waals surface area contributed by atoms with Crippen LogP contribution in [-0.2, 0) is 10.0 Å². The third kappa shape index (κ3) is 4.45. The van der Waals surface area contributed by atoms with Crippen molar-refractivity contribution in [1.82, 2.24) is 4.90 Å². The molecule has 1 fully saturated rings. The molecule has 1 aliphatic rings. The van der Waals surface area contributed by atoms with Gasteiger partial charge in [0.15, 0.2) is 0 Å². The van der Waals surface area contributed by atoms with Gasteiger partial charge in [-0.3, -0.25) is 9.52 Å². The molecule has 0 spiro atoms. The highest BCUT2D eigenvalue weighted by molar-refractivity contribution is 7.92. The molecule has 2 N–H and O–H groups in total. The van der Waals surface area contributed by atoms with Gasteiger partial charge in [-0.25, -0.2) is 12.8 Å². The molecule has 6 nitrogen and oxygen atoms in total. The van der Waals surface area contributed by atoms with E-state index in [-0.39, 0.29) is 28.6 Å². The normalized spacial score (nSPS) is 17.6. The number of benzene rings is 2. The number of nitrogens with zero attached hydrogens (tertiary/aromatic N) is 1. The first-order valence-corrected chi connectivity index (χ1v) is 10.1. The van der Waals surface area contributed by atoms with Crippen molar-refractivity contribution in [2.45, 2.75) is 30.8 Å². The van der Waals surface area contributed by atoms with Gasteiger partial charge in [-0.05, 0) is 61.7 Å². The molecule has 0 radical (unpaired) electrons. The molecule has 1 saturated heterocycles. The van der Waals surface area contributed by atoms with E-state index in [1.54, 1.807) is 17.0 Å². The minimum Gasteiger partial charge on any atom is -0.391 e. The first kappa shape index (κ1) is 19.3. The van der Waals surface area contributed by atoms with Crippen molar-refractivity contribution in [3.8, 4) is 0 Å². The van der Waals surface area contributed by atoms with Crippen LogP contribution in [0.3, 0.4) is 0 Å². The largest absolute Gasteiger partial charge is 0.391 e. The second kappa shape index (κ2) is 7.66. The Bertz CT molecular complexity index is 962. The number of amides is 1. The summed E-state index contributed by atoms with van der Waals surface area (Å²) in [6.07, 6.45) is 0.856. The summed E-state index contributed by atoms with van der Waals surface area (Å²) in [6, 6.07) is 9.63. The molecule has 27 heavy (non-hydrogen) atoms. The van der Waals surface area contributed by atoms with Crippen LogP contribution in [0, 0.1) is 12.7 Å². The van der Waals surface area contributed by atoms with E-state index in [4.69, 9.17) is 0 Å². The van der Waals surface area contributed by atoms with E-state index in [1.807, 2.05) is 0 Å². The molecule has 0 aromatic heterocycles. The summed E-state index contributed by atoms with van der Waals surface area (Å²) in [5, 5.41) is 9.74. The highest BCUT2D eigenvalue weighted by Crippen LogP contribution is 2.22. The average Bonchev–Trinajstić information content (AvgIpc) is 2.60. The molecule has 8 heteroatoms. The standard InChI is InChI=1S/C19H21FN2O4S/c1-13-10-15(20)7-8-18(13)27(25,26)21-16-5-2-4-14(11-16)19(24)22-9-3-6-17(23)12-22/h2,4-5,7-8,10-11,17,21,23H,3,6,9,12H2,1H3. The van der Waals surface area contributed by atoms with Crippen LogP contribution in [0.25, 0.3) is 0 Å². The minimum atomic E-state index is -3.92. The van der Waals surface area contributed by atoms with Crippen LogP contribution in [0.2, 0.25) is 0 Å². The minimum absolute atomic E-state index is 0.0280. The Hall–Kier alpha value is -2.45. The average molecular weight is 392 g/mol. The Labute approximate surface area is 157 Å². The lowest BCUT2D eigenvalue weighted by Crippen LogP contribution is -2.42. The van der Waals surface area contributed by atoms with Crippen LogP contribution in [0.4, 0.5) is 10.1 Å². The summed E-state index contributed by atoms with van der Waals surface area (Å²) in [5.41, 5.74) is 0.860. The number of halogens is 1. The van der Waals surface area contributed by atoms with Crippen LogP contribution in [0.1, 0.15) is 28.8 Å². The van der Waals surface area contributed by atoms with Crippen molar-refractivity contribution in [1.29, 1.82) is 0 Å². The smallest absolute Gasteiger partial charge is 0.262 e. The maximum Gasteiger partial charge on any atom is 0.262 e. The monoisotopic (exact) mass is 392 g/mol. The van der Waals surface area contributed by atoms with E-state index in [2.05, 4.69) is 4.72 Å². The predicted molar refractivity (Wildman–Crippen MR) is 99.5 cm³/mol. The van der Waals surface area contributed by atoms with Crippen molar-refractivity contribution >= 4 is 21.6 Å². The molecule has 0 bridgehead atoms.